The molecule has 3 aromatic rings. The molecule has 3 rings (SSSR count). The normalized spacial score (nSPS) is 11.7. The van der Waals surface area contributed by atoms with Crippen LogP contribution in [0, 0.1) is 0 Å². The number of anilines is 1. The van der Waals surface area contributed by atoms with Crippen LogP contribution < -0.4 is 10.7 Å². The Morgan fingerprint density at radius 1 is 1.00 bits per heavy atom. The second-order valence-corrected chi connectivity index (χ2v) is 10.8. The first kappa shape index (κ1) is 32.5. The van der Waals surface area contributed by atoms with E-state index in [-0.39, 0.29) is 21.8 Å². The standard InChI is InChI=1S/C29H29Cl2F3N4O2S/c1-3-38(4-2)12-13-41-18-20-6-5-7-21(14-20)27(39)36-26-11-9-22(30)16-23(26)28(40)37-35-17-19-8-10-25(31)24(15-19)29(32,33)34/h5-11,14-17H,3-4,12-13,18H2,1-2H3,(H,36,39)(H,37,40)/b35-17-. The van der Waals surface area contributed by atoms with E-state index in [2.05, 4.69) is 34.6 Å². The zero-order valence-electron chi connectivity index (χ0n) is 22.4. The summed E-state index contributed by atoms with van der Waals surface area (Å²) in [6.07, 6.45) is -3.58. The summed E-state index contributed by atoms with van der Waals surface area (Å²) in [6.45, 7) is 7.29. The molecule has 0 saturated heterocycles. The van der Waals surface area contributed by atoms with Crippen molar-refractivity contribution < 1.29 is 22.8 Å². The molecule has 0 atom stereocenters. The van der Waals surface area contributed by atoms with Gasteiger partial charge in [-0.2, -0.15) is 30.0 Å². The highest BCUT2D eigenvalue weighted by molar-refractivity contribution is 7.98. The zero-order valence-corrected chi connectivity index (χ0v) is 24.7. The zero-order chi connectivity index (χ0) is 30.0. The molecule has 218 valence electrons. The Kier molecular flexibility index (Phi) is 12.1. The molecule has 0 heterocycles. The third-order valence-electron chi connectivity index (χ3n) is 6.05. The Morgan fingerprint density at radius 2 is 1.76 bits per heavy atom. The van der Waals surface area contributed by atoms with E-state index in [9.17, 15) is 22.8 Å². The van der Waals surface area contributed by atoms with E-state index in [4.69, 9.17) is 23.2 Å². The molecule has 6 nitrogen and oxygen atoms in total. The molecular weight excluding hydrogens is 596 g/mol. The number of nitrogens with zero attached hydrogens (tertiary/aromatic N) is 2. The van der Waals surface area contributed by atoms with Crippen molar-refractivity contribution in [1.29, 1.82) is 0 Å². The van der Waals surface area contributed by atoms with Gasteiger partial charge in [0.05, 0.1) is 28.1 Å². The molecule has 0 aliphatic carbocycles. The monoisotopic (exact) mass is 624 g/mol. The molecule has 2 amide bonds. The molecule has 0 saturated carbocycles. The molecule has 12 heteroatoms. The lowest BCUT2D eigenvalue weighted by molar-refractivity contribution is -0.137. The molecule has 0 spiro atoms. The van der Waals surface area contributed by atoms with E-state index in [1.54, 1.807) is 30.0 Å². The van der Waals surface area contributed by atoms with Crippen LogP contribution in [0.15, 0.2) is 65.8 Å². The van der Waals surface area contributed by atoms with E-state index in [0.717, 1.165) is 55.1 Å². The predicted octanol–water partition coefficient (Wildman–Crippen LogP) is 7.60. The smallest absolute Gasteiger partial charge is 0.321 e. The lowest BCUT2D eigenvalue weighted by Gasteiger charge is -2.17. The number of carbonyl (C=O) groups excluding carboxylic acids is 2. The molecule has 2 N–H and O–H groups in total. The first-order valence-corrected chi connectivity index (χ1v) is 14.6. The molecule has 0 aromatic heterocycles. The lowest BCUT2D eigenvalue weighted by Crippen LogP contribution is -2.25. The average Bonchev–Trinajstić information content (AvgIpc) is 2.94. The summed E-state index contributed by atoms with van der Waals surface area (Å²) in [5.41, 5.74) is 2.96. The number of nitrogens with one attached hydrogen (secondary N) is 2. The number of rotatable bonds is 12. The number of hydrogen-bond donors (Lipinski definition) is 2. The minimum atomic E-state index is -4.64. The van der Waals surface area contributed by atoms with E-state index >= 15 is 0 Å². The Bertz CT molecular complexity index is 1400. The summed E-state index contributed by atoms with van der Waals surface area (Å²) in [4.78, 5) is 28.2. The van der Waals surface area contributed by atoms with Crippen LogP contribution in [0.4, 0.5) is 18.9 Å². The summed E-state index contributed by atoms with van der Waals surface area (Å²) < 4.78 is 39.3. The predicted molar refractivity (Wildman–Crippen MR) is 161 cm³/mol. The number of amides is 2. The molecule has 41 heavy (non-hydrogen) atoms. The van der Waals surface area contributed by atoms with Gasteiger partial charge in [-0.15, -0.1) is 0 Å². The van der Waals surface area contributed by atoms with Crippen molar-refractivity contribution >= 4 is 58.7 Å². The van der Waals surface area contributed by atoms with Crippen LogP contribution in [0.1, 0.15) is 51.3 Å². The quantitative estimate of drug-likeness (QED) is 0.124. The number of thioether (sulfide) groups is 1. The van der Waals surface area contributed by atoms with Gasteiger partial charge in [0.15, 0.2) is 0 Å². The van der Waals surface area contributed by atoms with Gasteiger partial charge in [-0.05, 0) is 66.7 Å². The van der Waals surface area contributed by atoms with Crippen LogP contribution in [0.5, 0.6) is 0 Å². The fourth-order valence-corrected chi connectivity index (χ4v) is 5.14. The highest BCUT2D eigenvalue weighted by Crippen LogP contribution is 2.34. The number of hydrazone groups is 1. The number of benzene rings is 3. The summed E-state index contributed by atoms with van der Waals surface area (Å²) in [5.74, 6) is 0.599. The summed E-state index contributed by atoms with van der Waals surface area (Å²) >= 11 is 13.5. The molecule has 3 aromatic carbocycles. The summed E-state index contributed by atoms with van der Waals surface area (Å²) in [7, 11) is 0. The van der Waals surface area contributed by atoms with Crippen molar-refractivity contribution in [3.05, 3.63) is 98.5 Å². The van der Waals surface area contributed by atoms with Crippen molar-refractivity contribution in [2.24, 2.45) is 5.10 Å². The van der Waals surface area contributed by atoms with Gasteiger partial charge in [-0.3, -0.25) is 9.59 Å². The van der Waals surface area contributed by atoms with Crippen LogP contribution in [0.3, 0.4) is 0 Å². The third kappa shape index (κ3) is 9.78. The van der Waals surface area contributed by atoms with Gasteiger partial charge in [-0.1, -0.05) is 55.2 Å². The van der Waals surface area contributed by atoms with Gasteiger partial charge in [0.1, 0.15) is 0 Å². The summed E-state index contributed by atoms with van der Waals surface area (Å²) in [5, 5.41) is 6.28. The molecule has 0 aliphatic heterocycles. The SMILES string of the molecule is CCN(CC)CCSCc1cccc(C(=O)Nc2ccc(Cl)cc2C(=O)N/N=C\c2ccc(Cl)c(C(F)(F)F)c2)c1. The maximum absolute atomic E-state index is 13.1. The second kappa shape index (κ2) is 15.3. The minimum Gasteiger partial charge on any atom is -0.321 e. The van der Waals surface area contributed by atoms with Gasteiger partial charge in [0.2, 0.25) is 0 Å². The molecule has 0 fully saturated rings. The first-order chi connectivity index (χ1) is 19.5. The van der Waals surface area contributed by atoms with Crippen LogP contribution >= 0.6 is 35.0 Å². The molecule has 0 unspecified atom stereocenters. The van der Waals surface area contributed by atoms with Crippen LogP contribution in [-0.2, 0) is 11.9 Å². The van der Waals surface area contributed by atoms with Crippen molar-refractivity contribution in [3.8, 4) is 0 Å². The van der Waals surface area contributed by atoms with Crippen molar-refractivity contribution in [1.82, 2.24) is 10.3 Å². The van der Waals surface area contributed by atoms with Gasteiger partial charge in [0, 0.05) is 28.6 Å². The maximum atomic E-state index is 13.1. The first-order valence-electron chi connectivity index (χ1n) is 12.7. The topological polar surface area (TPSA) is 73.8 Å². The van der Waals surface area contributed by atoms with Gasteiger partial charge in [0.25, 0.3) is 11.8 Å². The van der Waals surface area contributed by atoms with E-state index in [1.807, 2.05) is 6.07 Å². The fourth-order valence-electron chi connectivity index (χ4n) is 3.80. The molecule has 0 bridgehead atoms. The van der Waals surface area contributed by atoms with Crippen molar-refractivity contribution in [3.63, 3.8) is 0 Å². The Morgan fingerprint density at radius 3 is 2.46 bits per heavy atom. The van der Waals surface area contributed by atoms with Crippen LogP contribution in [0.25, 0.3) is 0 Å². The maximum Gasteiger partial charge on any atom is 0.417 e. The highest BCUT2D eigenvalue weighted by Gasteiger charge is 2.33. The van der Waals surface area contributed by atoms with Crippen LogP contribution in [-0.4, -0.2) is 48.3 Å². The van der Waals surface area contributed by atoms with E-state index < -0.39 is 28.6 Å². The minimum absolute atomic E-state index is 0.0261. The van der Waals surface area contributed by atoms with Crippen molar-refractivity contribution in [2.75, 3.05) is 30.7 Å². The Hall–Kier alpha value is -3.05. The van der Waals surface area contributed by atoms with Crippen LogP contribution in [0.2, 0.25) is 10.0 Å². The van der Waals surface area contributed by atoms with Gasteiger partial charge < -0.3 is 10.2 Å². The second-order valence-electron chi connectivity index (χ2n) is 8.86. The van der Waals surface area contributed by atoms with Gasteiger partial charge >= 0.3 is 6.18 Å². The summed E-state index contributed by atoms with van der Waals surface area (Å²) in [6, 6.07) is 14.9. The van der Waals surface area contributed by atoms with E-state index in [1.165, 1.54) is 24.3 Å². The lowest BCUT2D eigenvalue weighted by atomic mass is 10.1. The Labute approximate surface area is 251 Å². The number of hydrogen-bond acceptors (Lipinski definition) is 5. The number of carbonyl (C=O) groups is 2. The number of halogens is 5. The fraction of sp³-hybridized carbons (Fsp3) is 0.276. The highest BCUT2D eigenvalue weighted by atomic mass is 35.5. The van der Waals surface area contributed by atoms with Crippen molar-refractivity contribution in [2.45, 2.75) is 25.8 Å². The third-order valence-corrected chi connectivity index (χ3v) is 7.63. The molecular formula is C29H29Cl2F3N4O2S. The molecule has 0 aliphatic rings. The number of alkyl halides is 3. The van der Waals surface area contributed by atoms with E-state index in [0.29, 0.717) is 5.56 Å². The largest absolute Gasteiger partial charge is 0.417 e. The molecule has 0 radical (unpaired) electrons. The Balaban J connectivity index is 1.67. The van der Waals surface area contributed by atoms with Gasteiger partial charge in [-0.25, -0.2) is 5.43 Å². The average molecular weight is 626 g/mol.